The van der Waals surface area contributed by atoms with Crippen molar-refractivity contribution in [2.75, 3.05) is 52.5 Å². The van der Waals surface area contributed by atoms with Gasteiger partial charge in [0, 0.05) is 51.4 Å². The monoisotopic (exact) mass is 540 g/mol. The molecule has 0 radical (unpaired) electrons. The zero-order valence-electron chi connectivity index (χ0n) is 25.4. The highest BCUT2D eigenvalue weighted by molar-refractivity contribution is 5.91. The topological polar surface area (TPSA) is 99.7 Å². The molecule has 0 aliphatic heterocycles. The molecule has 0 spiro atoms. The van der Waals surface area contributed by atoms with Crippen molar-refractivity contribution in [2.45, 2.75) is 81.3 Å². The molecule has 0 bridgehead atoms. The SMILES string of the molecule is CCN(CC)C(=O)N(CC)[C@H](COC(=O)/C=C/C(=O)OC[C@H](C(C)C)N(CC)C(=O)N(CC)CC)C(C)C. The molecule has 10 nitrogen and oxygen atoms in total. The van der Waals surface area contributed by atoms with E-state index in [-0.39, 0.29) is 49.2 Å². The summed E-state index contributed by atoms with van der Waals surface area (Å²) in [5.41, 5.74) is 0. The number of nitrogens with zero attached hydrogens (tertiary/aromatic N) is 4. The predicted octanol–water partition coefficient (Wildman–Crippen LogP) is 4.25. The summed E-state index contributed by atoms with van der Waals surface area (Å²) in [6, 6.07) is -0.779. The highest BCUT2D eigenvalue weighted by atomic mass is 16.5. The van der Waals surface area contributed by atoms with Gasteiger partial charge in [0.1, 0.15) is 13.2 Å². The van der Waals surface area contributed by atoms with Gasteiger partial charge in [0.05, 0.1) is 12.1 Å². The van der Waals surface area contributed by atoms with E-state index in [1.54, 1.807) is 19.6 Å². The first-order chi connectivity index (χ1) is 17.9. The Bertz CT molecular complexity index is 700. The largest absolute Gasteiger partial charge is 0.460 e. The lowest BCUT2D eigenvalue weighted by Crippen LogP contribution is -2.51. The van der Waals surface area contributed by atoms with Crippen LogP contribution in [0.25, 0.3) is 0 Å². The summed E-state index contributed by atoms with van der Waals surface area (Å²) in [6.07, 6.45) is 2.07. The minimum absolute atomic E-state index is 0.0189. The third-order valence-corrected chi connectivity index (χ3v) is 6.73. The average Bonchev–Trinajstić information content (AvgIpc) is 2.88. The van der Waals surface area contributed by atoms with Crippen molar-refractivity contribution in [3.8, 4) is 0 Å². The maximum Gasteiger partial charge on any atom is 0.331 e. The number of likely N-dealkylation sites (N-methyl/N-ethyl adjacent to an activating group) is 2. The number of hydrogen-bond acceptors (Lipinski definition) is 6. The Kier molecular flexibility index (Phi) is 17.1. The zero-order valence-corrected chi connectivity index (χ0v) is 25.4. The van der Waals surface area contributed by atoms with Gasteiger partial charge in [0.25, 0.3) is 0 Å². The van der Waals surface area contributed by atoms with E-state index >= 15 is 0 Å². The van der Waals surface area contributed by atoms with Gasteiger partial charge in [0.15, 0.2) is 0 Å². The second-order valence-corrected chi connectivity index (χ2v) is 9.70. The number of rotatable bonds is 16. The number of urea groups is 2. The quantitative estimate of drug-likeness (QED) is 0.214. The molecule has 0 saturated heterocycles. The molecule has 0 aromatic heterocycles. The Morgan fingerprint density at radius 2 is 0.842 bits per heavy atom. The first-order valence-corrected chi connectivity index (χ1v) is 14.1. The molecule has 0 unspecified atom stereocenters. The minimum Gasteiger partial charge on any atom is -0.460 e. The molecule has 2 atom stereocenters. The molecular formula is C28H52N4O6. The van der Waals surface area contributed by atoms with E-state index in [0.29, 0.717) is 39.3 Å². The second kappa shape index (κ2) is 18.5. The molecule has 0 fully saturated rings. The van der Waals surface area contributed by atoms with Crippen LogP contribution in [0, 0.1) is 11.8 Å². The third-order valence-electron chi connectivity index (χ3n) is 6.73. The van der Waals surface area contributed by atoms with Crippen LogP contribution in [0.1, 0.15) is 69.2 Å². The molecule has 0 heterocycles. The number of hydrogen-bond donors (Lipinski definition) is 0. The van der Waals surface area contributed by atoms with Gasteiger partial charge in [-0.1, -0.05) is 27.7 Å². The molecule has 10 heteroatoms. The normalized spacial score (nSPS) is 12.8. The Morgan fingerprint density at radius 1 is 0.553 bits per heavy atom. The van der Waals surface area contributed by atoms with Gasteiger partial charge in [-0.2, -0.15) is 0 Å². The maximum absolute atomic E-state index is 12.9. The fourth-order valence-corrected chi connectivity index (χ4v) is 4.23. The molecular weight excluding hydrogens is 488 g/mol. The molecule has 38 heavy (non-hydrogen) atoms. The smallest absolute Gasteiger partial charge is 0.331 e. The van der Waals surface area contributed by atoms with Crippen LogP contribution in [0.4, 0.5) is 9.59 Å². The Balaban J connectivity index is 5.16. The summed E-state index contributed by atoms with van der Waals surface area (Å²) in [7, 11) is 0. The van der Waals surface area contributed by atoms with Crippen molar-refractivity contribution in [2.24, 2.45) is 11.8 Å². The lowest BCUT2D eigenvalue weighted by atomic mass is 10.0. The molecule has 0 aliphatic rings. The minimum atomic E-state index is -0.689. The highest BCUT2D eigenvalue weighted by Crippen LogP contribution is 2.16. The van der Waals surface area contributed by atoms with E-state index in [0.717, 1.165) is 12.2 Å². The number of carbonyl (C=O) groups is 4. The van der Waals surface area contributed by atoms with E-state index in [4.69, 9.17) is 9.47 Å². The lowest BCUT2D eigenvalue weighted by Gasteiger charge is -2.36. The van der Waals surface area contributed by atoms with Crippen LogP contribution in [0.2, 0.25) is 0 Å². The van der Waals surface area contributed by atoms with Gasteiger partial charge in [-0.25, -0.2) is 19.2 Å². The van der Waals surface area contributed by atoms with Crippen molar-refractivity contribution >= 4 is 24.0 Å². The Labute approximate surface area is 230 Å². The zero-order chi connectivity index (χ0) is 29.4. The van der Waals surface area contributed by atoms with E-state index in [1.807, 2.05) is 69.2 Å². The first-order valence-electron chi connectivity index (χ1n) is 14.1. The van der Waals surface area contributed by atoms with E-state index in [1.165, 1.54) is 0 Å². The Morgan fingerprint density at radius 3 is 1.05 bits per heavy atom. The van der Waals surface area contributed by atoms with Crippen LogP contribution >= 0.6 is 0 Å². The maximum atomic E-state index is 12.9. The van der Waals surface area contributed by atoms with Crippen molar-refractivity contribution in [3.63, 3.8) is 0 Å². The van der Waals surface area contributed by atoms with Crippen molar-refractivity contribution < 1.29 is 28.7 Å². The number of esters is 2. The highest BCUT2D eigenvalue weighted by Gasteiger charge is 2.30. The van der Waals surface area contributed by atoms with Gasteiger partial charge >= 0.3 is 24.0 Å². The fraction of sp³-hybridized carbons (Fsp3) is 0.786. The predicted molar refractivity (Wildman–Crippen MR) is 150 cm³/mol. The van der Waals surface area contributed by atoms with Gasteiger partial charge in [-0.3, -0.25) is 0 Å². The van der Waals surface area contributed by atoms with Crippen molar-refractivity contribution in [3.05, 3.63) is 12.2 Å². The second-order valence-electron chi connectivity index (χ2n) is 9.70. The van der Waals surface area contributed by atoms with E-state index in [2.05, 4.69) is 0 Å². The van der Waals surface area contributed by atoms with Crippen LogP contribution in [-0.2, 0) is 19.1 Å². The number of carbonyl (C=O) groups excluding carboxylic acids is 4. The molecule has 0 aromatic carbocycles. The number of amides is 4. The lowest BCUT2D eigenvalue weighted by molar-refractivity contribution is -0.142. The molecule has 0 saturated carbocycles. The summed E-state index contributed by atoms with van der Waals surface area (Å²) in [5.74, 6) is -1.26. The van der Waals surface area contributed by atoms with Crippen LogP contribution in [0.15, 0.2) is 12.2 Å². The average molecular weight is 541 g/mol. The first kappa shape index (κ1) is 35.2. The van der Waals surface area contributed by atoms with Gasteiger partial charge < -0.3 is 29.1 Å². The van der Waals surface area contributed by atoms with Crippen LogP contribution in [0.3, 0.4) is 0 Å². The molecule has 220 valence electrons. The van der Waals surface area contributed by atoms with Crippen LogP contribution in [-0.4, -0.2) is 108 Å². The van der Waals surface area contributed by atoms with E-state index in [9.17, 15) is 19.2 Å². The summed E-state index contributed by atoms with van der Waals surface area (Å²) in [6.45, 7) is 22.8. The summed E-state index contributed by atoms with van der Waals surface area (Å²) >= 11 is 0. The summed E-state index contributed by atoms with van der Waals surface area (Å²) in [5, 5.41) is 0. The third kappa shape index (κ3) is 10.9. The number of ether oxygens (including phenoxy) is 2. The summed E-state index contributed by atoms with van der Waals surface area (Å²) < 4.78 is 10.8. The van der Waals surface area contributed by atoms with Crippen molar-refractivity contribution in [1.82, 2.24) is 19.6 Å². The van der Waals surface area contributed by atoms with Crippen LogP contribution < -0.4 is 0 Å². The molecule has 0 rings (SSSR count). The van der Waals surface area contributed by atoms with Gasteiger partial charge in [0.2, 0.25) is 0 Å². The molecule has 4 amide bonds. The van der Waals surface area contributed by atoms with Crippen molar-refractivity contribution in [1.29, 1.82) is 0 Å². The van der Waals surface area contributed by atoms with Gasteiger partial charge in [-0.05, 0) is 53.4 Å². The van der Waals surface area contributed by atoms with Crippen LogP contribution in [0.5, 0.6) is 0 Å². The fourth-order valence-electron chi connectivity index (χ4n) is 4.23. The molecule has 0 aliphatic carbocycles. The summed E-state index contributed by atoms with van der Waals surface area (Å²) in [4.78, 5) is 57.4. The Hall–Kier alpha value is -2.78. The molecule has 0 aromatic rings. The van der Waals surface area contributed by atoms with Gasteiger partial charge in [-0.15, -0.1) is 0 Å². The van der Waals surface area contributed by atoms with E-state index < -0.39 is 11.9 Å². The molecule has 0 N–H and O–H groups in total. The standard InChI is InChI=1S/C28H52N4O6/c1-11-29(12-2)27(35)31(15-5)23(21(7)8)19-37-25(33)17-18-26(34)38-20-24(22(9)10)32(16-6)28(36)30(13-3)14-4/h17-18,21-24H,11-16,19-20H2,1-10H3/b18-17+/t23-,24-/m1/s1.